The van der Waals surface area contributed by atoms with Crippen molar-refractivity contribution in [2.45, 2.75) is 13.2 Å². The summed E-state index contributed by atoms with van der Waals surface area (Å²) in [5.41, 5.74) is 2.82. The van der Waals surface area contributed by atoms with Crippen LogP contribution < -0.4 is 4.90 Å². The SMILES string of the molecule is COCc1nc(Cl)cc(N(C)Cc2cscn2)n1. The number of nitrogens with zero attached hydrogens (tertiary/aromatic N) is 4. The van der Waals surface area contributed by atoms with E-state index in [1.54, 1.807) is 24.5 Å². The second kappa shape index (κ2) is 6.08. The largest absolute Gasteiger partial charge is 0.377 e. The molecule has 96 valence electrons. The summed E-state index contributed by atoms with van der Waals surface area (Å²) in [4.78, 5) is 14.7. The van der Waals surface area contributed by atoms with E-state index < -0.39 is 0 Å². The molecule has 2 aromatic rings. The van der Waals surface area contributed by atoms with Crippen molar-refractivity contribution in [1.29, 1.82) is 0 Å². The molecule has 0 saturated carbocycles. The van der Waals surface area contributed by atoms with Crippen molar-refractivity contribution in [3.63, 3.8) is 0 Å². The van der Waals surface area contributed by atoms with Gasteiger partial charge in [-0.2, -0.15) is 0 Å². The van der Waals surface area contributed by atoms with Crippen molar-refractivity contribution in [2.24, 2.45) is 0 Å². The Morgan fingerprint density at radius 1 is 1.44 bits per heavy atom. The average Bonchev–Trinajstić information content (AvgIpc) is 2.81. The molecule has 0 amide bonds. The van der Waals surface area contributed by atoms with Crippen LogP contribution in [0.15, 0.2) is 17.0 Å². The maximum Gasteiger partial charge on any atom is 0.158 e. The molecule has 0 aromatic carbocycles. The predicted molar refractivity (Wildman–Crippen MR) is 72.0 cm³/mol. The highest BCUT2D eigenvalue weighted by Gasteiger charge is 2.09. The minimum absolute atomic E-state index is 0.345. The van der Waals surface area contributed by atoms with Crippen LogP contribution in [0.3, 0.4) is 0 Å². The Labute approximate surface area is 114 Å². The molecular formula is C11H13ClN4OS. The Morgan fingerprint density at radius 2 is 2.28 bits per heavy atom. The Hall–Kier alpha value is -1.24. The Balaban J connectivity index is 2.16. The fraction of sp³-hybridized carbons (Fsp3) is 0.364. The first-order valence-corrected chi connectivity index (χ1v) is 6.61. The summed E-state index contributed by atoms with van der Waals surface area (Å²) in [6.45, 7) is 1.03. The standard InChI is InChI=1S/C11H13ClN4OS/c1-16(4-8-6-18-7-13-8)11-3-9(12)14-10(15-11)5-17-2/h3,6-7H,4-5H2,1-2H3. The lowest BCUT2D eigenvalue weighted by molar-refractivity contribution is 0.178. The summed E-state index contributed by atoms with van der Waals surface area (Å²) in [7, 11) is 3.54. The molecule has 2 rings (SSSR count). The maximum absolute atomic E-state index is 5.96. The number of rotatable bonds is 5. The number of thiazole rings is 1. The van der Waals surface area contributed by atoms with Gasteiger partial charge in [0.2, 0.25) is 0 Å². The highest BCUT2D eigenvalue weighted by molar-refractivity contribution is 7.07. The third-order valence-corrected chi connectivity index (χ3v) is 3.10. The van der Waals surface area contributed by atoms with Crippen LogP contribution >= 0.6 is 22.9 Å². The lowest BCUT2D eigenvalue weighted by Crippen LogP contribution is -2.19. The highest BCUT2D eigenvalue weighted by Crippen LogP contribution is 2.17. The van der Waals surface area contributed by atoms with Crippen molar-refractivity contribution in [2.75, 3.05) is 19.1 Å². The van der Waals surface area contributed by atoms with Crippen LogP contribution in [-0.2, 0) is 17.9 Å². The van der Waals surface area contributed by atoms with E-state index in [4.69, 9.17) is 16.3 Å². The van der Waals surface area contributed by atoms with Gasteiger partial charge in [-0.15, -0.1) is 11.3 Å². The number of hydrogen-bond donors (Lipinski definition) is 0. The van der Waals surface area contributed by atoms with Crippen LogP contribution in [0, 0.1) is 0 Å². The fourth-order valence-corrected chi connectivity index (χ4v) is 2.23. The van der Waals surface area contributed by atoms with Crippen LogP contribution in [0.4, 0.5) is 5.82 Å². The Kier molecular flexibility index (Phi) is 4.46. The molecule has 5 nitrogen and oxygen atoms in total. The van der Waals surface area contributed by atoms with E-state index in [1.807, 2.05) is 22.8 Å². The van der Waals surface area contributed by atoms with Gasteiger partial charge in [0.1, 0.15) is 17.6 Å². The van der Waals surface area contributed by atoms with Gasteiger partial charge in [0, 0.05) is 25.6 Å². The van der Waals surface area contributed by atoms with Crippen molar-refractivity contribution in [3.8, 4) is 0 Å². The van der Waals surface area contributed by atoms with Gasteiger partial charge in [-0.3, -0.25) is 0 Å². The smallest absolute Gasteiger partial charge is 0.158 e. The average molecular weight is 285 g/mol. The summed E-state index contributed by atoms with van der Waals surface area (Å²) in [5, 5.41) is 2.42. The minimum Gasteiger partial charge on any atom is -0.377 e. The second-order valence-electron chi connectivity index (χ2n) is 3.73. The highest BCUT2D eigenvalue weighted by atomic mass is 35.5. The zero-order chi connectivity index (χ0) is 13.0. The minimum atomic E-state index is 0.345. The van der Waals surface area contributed by atoms with Crippen molar-refractivity contribution in [3.05, 3.63) is 33.6 Å². The Morgan fingerprint density at radius 3 is 2.94 bits per heavy atom. The zero-order valence-corrected chi connectivity index (χ0v) is 11.7. The first-order valence-electron chi connectivity index (χ1n) is 5.29. The molecule has 0 bridgehead atoms. The number of hydrogen-bond acceptors (Lipinski definition) is 6. The molecule has 0 aliphatic heterocycles. The molecule has 2 aromatic heterocycles. The van der Waals surface area contributed by atoms with E-state index in [1.165, 1.54) is 0 Å². The number of methoxy groups -OCH3 is 1. The molecule has 2 heterocycles. The van der Waals surface area contributed by atoms with E-state index in [9.17, 15) is 0 Å². The molecule has 0 spiro atoms. The molecule has 0 saturated heterocycles. The van der Waals surface area contributed by atoms with Gasteiger partial charge < -0.3 is 9.64 Å². The Bertz CT molecular complexity index is 506. The van der Waals surface area contributed by atoms with Gasteiger partial charge in [0.25, 0.3) is 0 Å². The van der Waals surface area contributed by atoms with Gasteiger partial charge in [-0.25, -0.2) is 15.0 Å². The molecule has 0 aliphatic rings. The van der Waals surface area contributed by atoms with Crippen LogP contribution in [0.1, 0.15) is 11.5 Å². The third-order valence-electron chi connectivity index (χ3n) is 2.27. The van der Waals surface area contributed by atoms with E-state index in [2.05, 4.69) is 15.0 Å². The van der Waals surface area contributed by atoms with Crippen LogP contribution in [-0.4, -0.2) is 29.1 Å². The lowest BCUT2D eigenvalue weighted by atomic mass is 10.4. The van der Waals surface area contributed by atoms with E-state index in [-0.39, 0.29) is 0 Å². The molecule has 0 aliphatic carbocycles. The zero-order valence-electron chi connectivity index (χ0n) is 10.1. The van der Waals surface area contributed by atoms with E-state index in [0.717, 1.165) is 11.5 Å². The summed E-state index contributed by atoms with van der Waals surface area (Å²) < 4.78 is 5.01. The normalized spacial score (nSPS) is 10.6. The fourth-order valence-electron chi connectivity index (χ4n) is 1.48. The van der Waals surface area contributed by atoms with Gasteiger partial charge >= 0.3 is 0 Å². The summed E-state index contributed by atoms with van der Waals surface area (Å²) >= 11 is 7.54. The molecule has 0 N–H and O–H groups in total. The predicted octanol–water partition coefficient (Wildman–Crippen LogP) is 2.37. The maximum atomic E-state index is 5.96. The number of ether oxygens (including phenoxy) is 1. The van der Waals surface area contributed by atoms with Crippen LogP contribution in [0.2, 0.25) is 5.15 Å². The van der Waals surface area contributed by atoms with Crippen molar-refractivity contribution in [1.82, 2.24) is 15.0 Å². The topological polar surface area (TPSA) is 51.1 Å². The van der Waals surface area contributed by atoms with E-state index >= 15 is 0 Å². The van der Waals surface area contributed by atoms with Crippen LogP contribution in [0.25, 0.3) is 0 Å². The summed E-state index contributed by atoms with van der Waals surface area (Å²) in [6, 6.07) is 1.73. The molecular weight excluding hydrogens is 272 g/mol. The summed E-state index contributed by atoms with van der Waals surface area (Å²) in [6.07, 6.45) is 0. The number of halogens is 1. The summed E-state index contributed by atoms with van der Waals surface area (Å²) in [5.74, 6) is 1.33. The van der Waals surface area contributed by atoms with Crippen molar-refractivity contribution >= 4 is 28.8 Å². The molecule has 7 heteroatoms. The quantitative estimate of drug-likeness (QED) is 0.789. The second-order valence-corrected chi connectivity index (χ2v) is 4.84. The number of aromatic nitrogens is 3. The van der Waals surface area contributed by atoms with Gasteiger partial charge in [0.05, 0.1) is 17.7 Å². The molecule has 0 radical (unpaired) electrons. The van der Waals surface area contributed by atoms with Gasteiger partial charge in [-0.05, 0) is 0 Å². The molecule has 0 unspecified atom stereocenters. The first-order chi connectivity index (χ1) is 8.69. The van der Waals surface area contributed by atoms with Crippen LogP contribution in [0.5, 0.6) is 0 Å². The third kappa shape index (κ3) is 3.38. The molecule has 18 heavy (non-hydrogen) atoms. The molecule has 0 fully saturated rings. The lowest BCUT2D eigenvalue weighted by Gasteiger charge is -2.17. The van der Waals surface area contributed by atoms with Crippen molar-refractivity contribution < 1.29 is 4.74 Å². The van der Waals surface area contributed by atoms with Gasteiger partial charge in [-0.1, -0.05) is 11.6 Å². The molecule has 0 atom stereocenters. The van der Waals surface area contributed by atoms with E-state index in [0.29, 0.717) is 24.1 Å². The monoisotopic (exact) mass is 284 g/mol. The van der Waals surface area contributed by atoms with Gasteiger partial charge in [0.15, 0.2) is 5.82 Å². The first kappa shape index (κ1) is 13.2. The number of anilines is 1.